The van der Waals surface area contributed by atoms with Crippen LogP contribution in [0, 0.1) is 5.82 Å². The van der Waals surface area contributed by atoms with Crippen LogP contribution in [0.15, 0.2) is 36.4 Å². The van der Waals surface area contributed by atoms with Crippen LogP contribution >= 0.6 is 0 Å². The van der Waals surface area contributed by atoms with Gasteiger partial charge in [-0.2, -0.15) is 0 Å². The Hall–Kier alpha value is -2.69. The second-order valence-electron chi connectivity index (χ2n) is 5.80. The third-order valence-electron chi connectivity index (χ3n) is 4.03. The minimum absolute atomic E-state index is 0.132. The van der Waals surface area contributed by atoms with Crippen LogP contribution in [-0.2, 0) is 4.74 Å². The van der Waals surface area contributed by atoms with Crippen molar-refractivity contribution in [3.05, 3.63) is 64.5 Å². The van der Waals surface area contributed by atoms with E-state index in [0.29, 0.717) is 5.92 Å². The Balaban J connectivity index is 1.90. The molecule has 0 spiro atoms. The number of phenols is 1. The molecule has 1 aliphatic carbocycles. The van der Waals surface area contributed by atoms with Crippen LogP contribution in [-0.4, -0.2) is 23.5 Å². The van der Waals surface area contributed by atoms with E-state index in [1.165, 1.54) is 0 Å². The number of rotatable bonds is 5. The number of halogens is 1. The zero-order valence-electron chi connectivity index (χ0n) is 13.2. The normalized spacial score (nSPS) is 13.6. The Kier molecular flexibility index (Phi) is 4.34. The van der Waals surface area contributed by atoms with Gasteiger partial charge in [0.1, 0.15) is 17.1 Å². The lowest BCUT2D eigenvalue weighted by molar-refractivity contribution is 0.0525. The fourth-order valence-electron chi connectivity index (χ4n) is 2.62. The molecule has 0 amide bonds. The summed E-state index contributed by atoms with van der Waals surface area (Å²) in [6.45, 7) is 1.76. The van der Waals surface area contributed by atoms with Crippen LogP contribution in [0.25, 0.3) is 0 Å². The molecule has 1 saturated carbocycles. The molecule has 5 heteroatoms. The van der Waals surface area contributed by atoms with Gasteiger partial charge in [-0.1, -0.05) is 24.3 Å². The van der Waals surface area contributed by atoms with E-state index in [9.17, 15) is 19.1 Å². The summed E-state index contributed by atoms with van der Waals surface area (Å²) < 4.78 is 19.0. The summed E-state index contributed by atoms with van der Waals surface area (Å²) in [6, 6.07) is 8.93. The van der Waals surface area contributed by atoms with E-state index in [-0.39, 0.29) is 17.7 Å². The zero-order valence-corrected chi connectivity index (χ0v) is 13.2. The van der Waals surface area contributed by atoms with E-state index < -0.39 is 28.9 Å². The molecule has 1 fully saturated rings. The van der Waals surface area contributed by atoms with Gasteiger partial charge in [-0.25, -0.2) is 9.18 Å². The molecule has 0 saturated heterocycles. The first-order chi connectivity index (χ1) is 11.5. The first kappa shape index (κ1) is 16.2. The molecule has 1 aliphatic rings. The van der Waals surface area contributed by atoms with Crippen LogP contribution in [0.2, 0.25) is 0 Å². The molecule has 0 atom stereocenters. The summed E-state index contributed by atoms with van der Waals surface area (Å²) in [5.41, 5.74) is 0.876. The Morgan fingerprint density at radius 1 is 1.17 bits per heavy atom. The van der Waals surface area contributed by atoms with Crippen molar-refractivity contribution in [2.45, 2.75) is 25.7 Å². The van der Waals surface area contributed by atoms with Crippen molar-refractivity contribution in [1.82, 2.24) is 0 Å². The highest BCUT2D eigenvalue weighted by molar-refractivity contribution is 6.11. The number of ether oxygens (including phenoxy) is 1. The molecule has 3 rings (SSSR count). The summed E-state index contributed by atoms with van der Waals surface area (Å²) >= 11 is 0. The number of esters is 1. The minimum Gasteiger partial charge on any atom is -0.507 e. The number of aromatic hydroxyl groups is 1. The molecule has 0 aliphatic heterocycles. The van der Waals surface area contributed by atoms with Crippen LogP contribution in [0.5, 0.6) is 5.75 Å². The summed E-state index contributed by atoms with van der Waals surface area (Å²) in [5.74, 6) is -2.34. The van der Waals surface area contributed by atoms with Crippen LogP contribution in [0.3, 0.4) is 0 Å². The van der Waals surface area contributed by atoms with Crippen molar-refractivity contribution >= 4 is 11.8 Å². The molecular formula is C19H17FO4. The molecule has 4 nitrogen and oxygen atoms in total. The quantitative estimate of drug-likeness (QED) is 0.669. The molecule has 0 bridgehead atoms. The highest BCUT2D eigenvalue weighted by Crippen LogP contribution is 2.40. The fraction of sp³-hybridized carbons (Fsp3) is 0.263. The predicted molar refractivity (Wildman–Crippen MR) is 85.9 cm³/mol. The number of hydrogen-bond acceptors (Lipinski definition) is 4. The van der Waals surface area contributed by atoms with Crippen molar-refractivity contribution in [1.29, 1.82) is 0 Å². The molecule has 124 valence electrons. The fourth-order valence-corrected chi connectivity index (χ4v) is 2.62. The van der Waals surface area contributed by atoms with Gasteiger partial charge in [0.2, 0.25) is 0 Å². The highest BCUT2D eigenvalue weighted by atomic mass is 19.1. The predicted octanol–water partition coefficient (Wildman–Crippen LogP) is 3.82. The largest absolute Gasteiger partial charge is 0.507 e. The maximum Gasteiger partial charge on any atom is 0.338 e. The van der Waals surface area contributed by atoms with Gasteiger partial charge >= 0.3 is 5.97 Å². The number of hydrogen-bond donors (Lipinski definition) is 1. The van der Waals surface area contributed by atoms with Gasteiger partial charge in [-0.05, 0) is 43.4 Å². The van der Waals surface area contributed by atoms with Gasteiger partial charge in [-0.3, -0.25) is 4.79 Å². The maximum absolute atomic E-state index is 14.3. The van der Waals surface area contributed by atoms with Crippen molar-refractivity contribution in [3.8, 4) is 5.75 Å². The molecule has 0 radical (unpaired) electrons. The summed E-state index contributed by atoms with van der Waals surface area (Å²) in [7, 11) is 0. The summed E-state index contributed by atoms with van der Waals surface area (Å²) in [5, 5.41) is 10.0. The van der Waals surface area contributed by atoms with E-state index in [0.717, 1.165) is 30.5 Å². The maximum atomic E-state index is 14.3. The smallest absolute Gasteiger partial charge is 0.338 e. The average Bonchev–Trinajstić information content (AvgIpc) is 3.39. The van der Waals surface area contributed by atoms with Crippen LogP contribution in [0.1, 0.15) is 57.5 Å². The molecule has 0 heterocycles. The van der Waals surface area contributed by atoms with Gasteiger partial charge in [0.05, 0.1) is 12.2 Å². The van der Waals surface area contributed by atoms with Crippen molar-refractivity contribution < 1.29 is 23.8 Å². The van der Waals surface area contributed by atoms with Gasteiger partial charge in [0, 0.05) is 5.56 Å². The van der Waals surface area contributed by atoms with E-state index in [2.05, 4.69) is 0 Å². The second kappa shape index (κ2) is 6.43. The molecule has 1 N–H and O–H groups in total. The Morgan fingerprint density at radius 2 is 1.83 bits per heavy atom. The van der Waals surface area contributed by atoms with E-state index in [4.69, 9.17) is 4.74 Å². The SMILES string of the molecule is CCOC(=O)c1cc(O)c(C(=O)c2ccc(C3CC3)cc2)c(F)c1. The van der Waals surface area contributed by atoms with Crippen LogP contribution < -0.4 is 0 Å². The molecular weight excluding hydrogens is 311 g/mol. The highest BCUT2D eigenvalue weighted by Gasteiger charge is 2.25. The molecule has 0 unspecified atom stereocenters. The van der Waals surface area contributed by atoms with Gasteiger partial charge in [-0.15, -0.1) is 0 Å². The second-order valence-corrected chi connectivity index (χ2v) is 5.80. The Bertz CT molecular complexity index is 769. The van der Waals surface area contributed by atoms with Crippen molar-refractivity contribution in [3.63, 3.8) is 0 Å². The lowest BCUT2D eigenvalue weighted by Gasteiger charge is -2.09. The first-order valence-electron chi connectivity index (χ1n) is 7.85. The molecule has 24 heavy (non-hydrogen) atoms. The lowest BCUT2D eigenvalue weighted by Crippen LogP contribution is -2.09. The number of benzene rings is 2. The third-order valence-corrected chi connectivity index (χ3v) is 4.03. The standard InChI is InChI=1S/C19H17FO4/c1-2-24-19(23)14-9-15(20)17(16(21)10-14)18(22)13-7-5-12(6-8-13)11-3-4-11/h5-11,21H,2-4H2,1H3. The zero-order chi connectivity index (χ0) is 17.3. The Labute approximate surface area is 138 Å². The number of carbonyl (C=O) groups is 2. The van der Waals surface area contributed by atoms with Crippen LogP contribution in [0.4, 0.5) is 4.39 Å². The van der Waals surface area contributed by atoms with E-state index >= 15 is 0 Å². The van der Waals surface area contributed by atoms with Gasteiger partial charge in [0.25, 0.3) is 0 Å². The van der Waals surface area contributed by atoms with Crippen molar-refractivity contribution in [2.75, 3.05) is 6.61 Å². The molecule has 2 aromatic carbocycles. The number of ketones is 1. The topological polar surface area (TPSA) is 63.6 Å². The number of phenolic OH excluding ortho intramolecular Hbond substituents is 1. The average molecular weight is 328 g/mol. The molecule has 0 aromatic heterocycles. The van der Waals surface area contributed by atoms with Gasteiger partial charge < -0.3 is 9.84 Å². The molecule has 2 aromatic rings. The first-order valence-corrected chi connectivity index (χ1v) is 7.85. The minimum atomic E-state index is -0.950. The summed E-state index contributed by atoms with van der Waals surface area (Å²) in [6.07, 6.45) is 2.30. The lowest BCUT2D eigenvalue weighted by atomic mass is 9.98. The van der Waals surface area contributed by atoms with Gasteiger partial charge in [0.15, 0.2) is 5.78 Å². The van der Waals surface area contributed by atoms with E-state index in [1.807, 2.05) is 12.1 Å². The number of carbonyl (C=O) groups excluding carboxylic acids is 2. The monoisotopic (exact) mass is 328 g/mol. The van der Waals surface area contributed by atoms with E-state index in [1.54, 1.807) is 19.1 Å². The van der Waals surface area contributed by atoms with Crippen molar-refractivity contribution in [2.24, 2.45) is 0 Å². The third kappa shape index (κ3) is 3.15. The summed E-state index contributed by atoms with van der Waals surface area (Å²) in [4.78, 5) is 24.1. The Morgan fingerprint density at radius 3 is 2.38 bits per heavy atom.